The molecule has 3 heteroatoms. The fourth-order valence-electron chi connectivity index (χ4n) is 1.67. The van der Waals surface area contributed by atoms with E-state index in [1.54, 1.807) is 0 Å². The van der Waals surface area contributed by atoms with Crippen LogP contribution in [0.3, 0.4) is 0 Å². The van der Waals surface area contributed by atoms with Crippen LogP contribution in [0.25, 0.3) is 0 Å². The topological polar surface area (TPSA) is 38.3 Å². The number of hydrogen-bond acceptors (Lipinski definition) is 2. The first-order chi connectivity index (χ1) is 6.66. The maximum atomic E-state index is 11.3. The van der Waals surface area contributed by atoms with Crippen LogP contribution in [-0.4, -0.2) is 25.7 Å². The van der Waals surface area contributed by atoms with Crippen LogP contribution in [0.4, 0.5) is 0 Å². The van der Waals surface area contributed by atoms with Crippen LogP contribution in [-0.2, 0) is 9.53 Å². The number of hydrogen-bond donors (Lipinski definition) is 1. The maximum absolute atomic E-state index is 11.3. The van der Waals surface area contributed by atoms with E-state index in [0.717, 1.165) is 39.0 Å². The number of carbonyl (C=O) groups excluding carboxylic acids is 1. The first-order valence-electron chi connectivity index (χ1n) is 5.51. The van der Waals surface area contributed by atoms with Crippen molar-refractivity contribution in [3.8, 4) is 0 Å². The van der Waals surface area contributed by atoms with Crippen molar-refractivity contribution in [2.75, 3.05) is 19.8 Å². The Morgan fingerprint density at radius 3 is 2.64 bits per heavy atom. The average Bonchev–Trinajstić information content (AvgIpc) is 2.17. The molecule has 1 amide bonds. The van der Waals surface area contributed by atoms with Crippen molar-refractivity contribution < 1.29 is 9.53 Å². The summed E-state index contributed by atoms with van der Waals surface area (Å²) < 4.78 is 5.31. The molecule has 1 rings (SSSR count). The summed E-state index contributed by atoms with van der Waals surface area (Å²) >= 11 is 0. The highest BCUT2D eigenvalue weighted by molar-refractivity contribution is 5.75. The molecule has 0 bridgehead atoms. The molecule has 1 aliphatic heterocycles. The van der Waals surface area contributed by atoms with Gasteiger partial charge in [0, 0.05) is 26.2 Å². The minimum Gasteiger partial charge on any atom is -0.381 e. The van der Waals surface area contributed by atoms with Crippen molar-refractivity contribution >= 4 is 5.91 Å². The highest BCUT2D eigenvalue weighted by Gasteiger charge is 2.27. The van der Waals surface area contributed by atoms with Gasteiger partial charge in [-0.1, -0.05) is 13.8 Å². The fourth-order valence-corrected chi connectivity index (χ4v) is 1.67. The number of rotatable bonds is 4. The number of carbonyl (C=O) groups is 1. The maximum Gasteiger partial charge on any atom is 0.220 e. The smallest absolute Gasteiger partial charge is 0.220 e. The van der Waals surface area contributed by atoms with Gasteiger partial charge in [-0.15, -0.1) is 0 Å². The second-order valence-corrected chi connectivity index (χ2v) is 4.45. The Hall–Kier alpha value is -0.570. The first-order valence-corrected chi connectivity index (χ1v) is 5.51. The molecule has 0 aromatic heterocycles. The van der Waals surface area contributed by atoms with Gasteiger partial charge in [0.2, 0.25) is 5.91 Å². The highest BCUT2D eigenvalue weighted by atomic mass is 16.5. The third-order valence-corrected chi connectivity index (χ3v) is 2.89. The Morgan fingerprint density at radius 1 is 1.43 bits per heavy atom. The molecule has 3 nitrogen and oxygen atoms in total. The number of ether oxygens (including phenoxy) is 1. The molecule has 1 fully saturated rings. The lowest BCUT2D eigenvalue weighted by molar-refractivity contribution is -0.122. The van der Waals surface area contributed by atoms with Crippen molar-refractivity contribution in [3.05, 3.63) is 0 Å². The standard InChI is InChI=1S/C11H21NO2/c1-3-4-10(13)12-9-11(2)5-7-14-8-6-11/h3-9H2,1-2H3,(H,12,13). The fraction of sp³-hybridized carbons (Fsp3) is 0.909. The van der Waals surface area contributed by atoms with Crippen LogP contribution in [0, 0.1) is 5.41 Å². The monoisotopic (exact) mass is 199 g/mol. The number of amides is 1. The Balaban J connectivity index is 2.24. The van der Waals surface area contributed by atoms with E-state index in [4.69, 9.17) is 4.74 Å². The first kappa shape index (κ1) is 11.5. The zero-order chi connectivity index (χ0) is 10.4. The summed E-state index contributed by atoms with van der Waals surface area (Å²) in [7, 11) is 0. The van der Waals surface area contributed by atoms with Gasteiger partial charge in [-0.2, -0.15) is 0 Å². The summed E-state index contributed by atoms with van der Waals surface area (Å²) in [4.78, 5) is 11.3. The predicted octanol–water partition coefficient (Wildman–Crippen LogP) is 1.72. The molecule has 14 heavy (non-hydrogen) atoms. The molecular formula is C11H21NO2. The van der Waals surface area contributed by atoms with Gasteiger partial charge in [0.15, 0.2) is 0 Å². The zero-order valence-corrected chi connectivity index (χ0v) is 9.27. The van der Waals surface area contributed by atoms with Crippen LogP contribution < -0.4 is 5.32 Å². The lowest BCUT2D eigenvalue weighted by Crippen LogP contribution is -2.39. The van der Waals surface area contributed by atoms with Gasteiger partial charge in [-0.25, -0.2) is 0 Å². The van der Waals surface area contributed by atoms with Crippen molar-refractivity contribution in [2.45, 2.75) is 39.5 Å². The van der Waals surface area contributed by atoms with Crippen LogP contribution in [0.2, 0.25) is 0 Å². The minimum absolute atomic E-state index is 0.181. The molecule has 0 aliphatic carbocycles. The van der Waals surface area contributed by atoms with Gasteiger partial charge in [-0.3, -0.25) is 4.79 Å². The third kappa shape index (κ3) is 3.66. The molecule has 1 heterocycles. The summed E-state index contributed by atoms with van der Waals surface area (Å²) in [6.45, 7) is 6.72. The van der Waals surface area contributed by atoms with Gasteiger partial charge in [0.1, 0.15) is 0 Å². The molecule has 0 saturated carbocycles. The molecule has 0 unspecified atom stereocenters. The quantitative estimate of drug-likeness (QED) is 0.748. The van der Waals surface area contributed by atoms with Crippen LogP contribution in [0.1, 0.15) is 39.5 Å². The second kappa shape index (κ2) is 5.35. The summed E-state index contributed by atoms with van der Waals surface area (Å²) in [5.41, 5.74) is 0.252. The van der Waals surface area contributed by atoms with E-state index in [0.29, 0.717) is 6.42 Å². The summed E-state index contributed by atoms with van der Waals surface area (Å²) in [5, 5.41) is 3.00. The number of nitrogens with one attached hydrogen (secondary N) is 1. The largest absolute Gasteiger partial charge is 0.381 e. The molecule has 1 aliphatic rings. The van der Waals surface area contributed by atoms with Gasteiger partial charge >= 0.3 is 0 Å². The van der Waals surface area contributed by atoms with E-state index in [-0.39, 0.29) is 11.3 Å². The van der Waals surface area contributed by atoms with E-state index in [9.17, 15) is 4.79 Å². The zero-order valence-electron chi connectivity index (χ0n) is 9.27. The van der Waals surface area contributed by atoms with Crippen molar-refractivity contribution in [1.82, 2.24) is 5.32 Å². The van der Waals surface area contributed by atoms with Gasteiger partial charge in [0.05, 0.1) is 0 Å². The molecule has 0 spiro atoms. The van der Waals surface area contributed by atoms with Gasteiger partial charge < -0.3 is 10.1 Å². The SMILES string of the molecule is CCCC(=O)NCC1(C)CCOCC1. The average molecular weight is 199 g/mol. The Kier molecular flexibility index (Phi) is 4.39. The summed E-state index contributed by atoms with van der Waals surface area (Å²) in [6, 6.07) is 0. The van der Waals surface area contributed by atoms with Crippen LogP contribution >= 0.6 is 0 Å². The predicted molar refractivity (Wildman–Crippen MR) is 56.1 cm³/mol. The van der Waals surface area contributed by atoms with E-state index < -0.39 is 0 Å². The summed E-state index contributed by atoms with van der Waals surface area (Å²) in [6.07, 6.45) is 3.68. The third-order valence-electron chi connectivity index (χ3n) is 2.89. The van der Waals surface area contributed by atoms with E-state index in [2.05, 4.69) is 12.2 Å². The van der Waals surface area contributed by atoms with Crippen LogP contribution in [0.5, 0.6) is 0 Å². The van der Waals surface area contributed by atoms with Gasteiger partial charge in [-0.05, 0) is 24.7 Å². The van der Waals surface area contributed by atoms with Crippen molar-refractivity contribution in [1.29, 1.82) is 0 Å². The molecule has 1 saturated heterocycles. The van der Waals surface area contributed by atoms with Crippen molar-refractivity contribution in [2.24, 2.45) is 5.41 Å². The lowest BCUT2D eigenvalue weighted by Gasteiger charge is -2.33. The molecule has 0 radical (unpaired) electrons. The van der Waals surface area contributed by atoms with E-state index in [1.807, 2.05) is 6.92 Å². The molecule has 82 valence electrons. The minimum atomic E-state index is 0.181. The normalized spacial score (nSPS) is 20.4. The lowest BCUT2D eigenvalue weighted by atomic mass is 9.82. The van der Waals surface area contributed by atoms with E-state index in [1.165, 1.54) is 0 Å². The van der Waals surface area contributed by atoms with Crippen LogP contribution in [0.15, 0.2) is 0 Å². The molecule has 0 aromatic rings. The van der Waals surface area contributed by atoms with Gasteiger partial charge in [0.25, 0.3) is 0 Å². The summed E-state index contributed by atoms with van der Waals surface area (Å²) in [5.74, 6) is 0.181. The Bertz CT molecular complexity index is 186. The molecular weight excluding hydrogens is 178 g/mol. The highest BCUT2D eigenvalue weighted by Crippen LogP contribution is 2.28. The second-order valence-electron chi connectivity index (χ2n) is 4.45. The Labute approximate surface area is 86.2 Å². The Morgan fingerprint density at radius 2 is 2.07 bits per heavy atom. The molecule has 1 N–H and O–H groups in total. The molecule has 0 atom stereocenters. The van der Waals surface area contributed by atoms with Crippen molar-refractivity contribution in [3.63, 3.8) is 0 Å². The van der Waals surface area contributed by atoms with E-state index >= 15 is 0 Å². The molecule has 0 aromatic carbocycles.